The van der Waals surface area contributed by atoms with Gasteiger partial charge < -0.3 is 24.3 Å². The lowest BCUT2D eigenvalue weighted by molar-refractivity contribution is -0.152. The van der Waals surface area contributed by atoms with Gasteiger partial charge >= 0.3 is 5.97 Å². The number of carbonyl (C=O) groups excluding carboxylic acids is 2. The van der Waals surface area contributed by atoms with E-state index in [2.05, 4.69) is 5.32 Å². The third-order valence-electron chi connectivity index (χ3n) is 3.94. The van der Waals surface area contributed by atoms with Crippen LogP contribution in [0.2, 0.25) is 10.0 Å². The molecule has 1 N–H and O–H groups in total. The number of amides is 1. The Balaban J connectivity index is 2.03. The molecule has 2 aromatic rings. The van der Waals surface area contributed by atoms with E-state index in [0.717, 1.165) is 0 Å². The number of anilines is 1. The van der Waals surface area contributed by atoms with Gasteiger partial charge in [0.2, 0.25) is 5.75 Å². The zero-order valence-corrected chi connectivity index (χ0v) is 17.9. The van der Waals surface area contributed by atoms with Crippen molar-refractivity contribution in [1.29, 1.82) is 0 Å². The summed E-state index contributed by atoms with van der Waals surface area (Å²) in [4.78, 5) is 24.6. The summed E-state index contributed by atoms with van der Waals surface area (Å²) >= 11 is 11.9. The molecule has 0 unspecified atom stereocenters. The summed E-state index contributed by atoms with van der Waals surface area (Å²) in [5.41, 5.74) is 0.950. The Kier molecular flexibility index (Phi) is 7.99. The van der Waals surface area contributed by atoms with Crippen LogP contribution < -0.4 is 19.5 Å². The molecule has 29 heavy (non-hydrogen) atoms. The summed E-state index contributed by atoms with van der Waals surface area (Å²) in [7, 11) is 4.45. The van der Waals surface area contributed by atoms with E-state index in [1.807, 2.05) is 0 Å². The normalized spacial score (nSPS) is 11.4. The summed E-state index contributed by atoms with van der Waals surface area (Å²) in [6.45, 7) is 1.46. The molecule has 156 valence electrons. The van der Waals surface area contributed by atoms with Gasteiger partial charge in [-0.25, -0.2) is 0 Å². The topological polar surface area (TPSA) is 83.1 Å². The highest BCUT2D eigenvalue weighted by Gasteiger charge is 2.21. The Morgan fingerprint density at radius 1 is 1.00 bits per heavy atom. The van der Waals surface area contributed by atoms with E-state index < -0.39 is 18.0 Å². The monoisotopic (exact) mass is 441 g/mol. The number of nitrogens with one attached hydrogen (secondary N) is 1. The smallest absolute Gasteiger partial charge is 0.311 e. The summed E-state index contributed by atoms with van der Waals surface area (Å²) in [6, 6.07) is 7.93. The molecule has 0 spiro atoms. The van der Waals surface area contributed by atoms with Gasteiger partial charge in [0.1, 0.15) is 0 Å². The molecule has 0 aliphatic rings. The maximum absolute atomic E-state index is 12.3. The molecular weight excluding hydrogens is 421 g/mol. The number of hydrogen-bond donors (Lipinski definition) is 1. The Morgan fingerprint density at radius 3 is 2.14 bits per heavy atom. The fraction of sp³-hybridized carbons (Fsp3) is 0.300. The van der Waals surface area contributed by atoms with E-state index in [-0.39, 0.29) is 11.4 Å². The minimum absolute atomic E-state index is 0.0873. The molecule has 0 fully saturated rings. The molecule has 0 aromatic heterocycles. The van der Waals surface area contributed by atoms with Crippen LogP contribution in [-0.4, -0.2) is 39.3 Å². The van der Waals surface area contributed by atoms with E-state index in [1.54, 1.807) is 24.3 Å². The predicted octanol–water partition coefficient (Wildman–Crippen LogP) is 4.13. The molecule has 0 heterocycles. The van der Waals surface area contributed by atoms with Crippen molar-refractivity contribution in [2.24, 2.45) is 0 Å². The molecule has 7 nitrogen and oxygen atoms in total. The summed E-state index contributed by atoms with van der Waals surface area (Å²) < 4.78 is 21.0. The second-order valence-electron chi connectivity index (χ2n) is 5.96. The lowest BCUT2D eigenvalue weighted by Gasteiger charge is -2.16. The van der Waals surface area contributed by atoms with Crippen molar-refractivity contribution in [2.75, 3.05) is 26.6 Å². The van der Waals surface area contributed by atoms with Crippen LogP contribution in [0.15, 0.2) is 30.3 Å². The molecule has 0 aliphatic carbocycles. The highest BCUT2D eigenvalue weighted by molar-refractivity contribution is 6.36. The second kappa shape index (κ2) is 10.2. The van der Waals surface area contributed by atoms with Gasteiger partial charge in [-0.05, 0) is 42.8 Å². The predicted molar refractivity (Wildman–Crippen MR) is 110 cm³/mol. The first kappa shape index (κ1) is 22.6. The first-order valence-electron chi connectivity index (χ1n) is 8.53. The zero-order chi connectivity index (χ0) is 21.6. The van der Waals surface area contributed by atoms with Gasteiger partial charge in [0.05, 0.1) is 38.5 Å². The molecular formula is C20H21Cl2NO6. The van der Waals surface area contributed by atoms with Crippen molar-refractivity contribution in [1.82, 2.24) is 0 Å². The standard InChI is InChI=1S/C20H21Cl2NO6/c1-11(20(25)23-15-6-5-13(21)10-14(15)22)29-18(24)9-12-7-16(26-2)19(28-4)17(8-12)27-3/h5-8,10-11H,9H2,1-4H3,(H,23,25)/t11-/m1/s1. The summed E-state index contributed by atoms with van der Waals surface area (Å²) in [6.07, 6.45) is -1.12. The Morgan fingerprint density at radius 2 is 1.62 bits per heavy atom. The van der Waals surface area contributed by atoms with E-state index in [4.69, 9.17) is 42.1 Å². The quantitative estimate of drug-likeness (QED) is 0.619. The number of methoxy groups -OCH3 is 3. The van der Waals surface area contributed by atoms with Gasteiger partial charge in [-0.2, -0.15) is 0 Å². The molecule has 2 aromatic carbocycles. The first-order chi connectivity index (χ1) is 13.8. The van der Waals surface area contributed by atoms with Crippen LogP contribution in [0.5, 0.6) is 17.2 Å². The number of halogens is 2. The van der Waals surface area contributed by atoms with Crippen LogP contribution in [0.4, 0.5) is 5.69 Å². The van der Waals surface area contributed by atoms with Gasteiger partial charge in [0, 0.05) is 5.02 Å². The van der Waals surface area contributed by atoms with Crippen LogP contribution in [0, 0.1) is 0 Å². The van der Waals surface area contributed by atoms with Crippen molar-refractivity contribution in [3.63, 3.8) is 0 Å². The highest BCUT2D eigenvalue weighted by Crippen LogP contribution is 2.38. The van der Waals surface area contributed by atoms with Gasteiger partial charge in [0.15, 0.2) is 17.6 Å². The molecule has 1 atom stereocenters. The number of hydrogen-bond acceptors (Lipinski definition) is 6. The molecule has 2 rings (SSSR count). The Hall–Kier alpha value is -2.64. The van der Waals surface area contributed by atoms with Crippen molar-refractivity contribution in [3.8, 4) is 17.2 Å². The molecule has 0 saturated heterocycles. The zero-order valence-electron chi connectivity index (χ0n) is 16.4. The average molecular weight is 442 g/mol. The van der Waals surface area contributed by atoms with Crippen molar-refractivity contribution < 1.29 is 28.5 Å². The van der Waals surface area contributed by atoms with Gasteiger partial charge in [-0.15, -0.1) is 0 Å². The Labute approximate surface area is 178 Å². The van der Waals surface area contributed by atoms with Crippen LogP contribution in [0.25, 0.3) is 0 Å². The van der Waals surface area contributed by atoms with Crippen LogP contribution in [0.3, 0.4) is 0 Å². The molecule has 0 radical (unpaired) electrons. The molecule has 0 saturated carbocycles. The maximum atomic E-state index is 12.3. The van der Waals surface area contributed by atoms with E-state index in [1.165, 1.54) is 34.3 Å². The molecule has 0 bridgehead atoms. The van der Waals surface area contributed by atoms with E-state index in [9.17, 15) is 9.59 Å². The second-order valence-corrected chi connectivity index (χ2v) is 6.80. The molecule has 9 heteroatoms. The minimum atomic E-state index is -1.03. The SMILES string of the molecule is COc1cc(CC(=O)O[C@H](C)C(=O)Nc2ccc(Cl)cc2Cl)cc(OC)c1OC. The number of esters is 1. The van der Waals surface area contributed by atoms with Crippen LogP contribution in [0.1, 0.15) is 12.5 Å². The highest BCUT2D eigenvalue weighted by atomic mass is 35.5. The molecule has 1 amide bonds. The number of benzene rings is 2. The van der Waals surface area contributed by atoms with Gasteiger partial charge in [-0.3, -0.25) is 9.59 Å². The lowest BCUT2D eigenvalue weighted by Crippen LogP contribution is -2.30. The largest absolute Gasteiger partial charge is 0.493 e. The molecule has 0 aliphatic heterocycles. The number of carbonyl (C=O) groups is 2. The average Bonchev–Trinajstić information content (AvgIpc) is 2.68. The summed E-state index contributed by atoms with van der Waals surface area (Å²) in [5.74, 6) is 0.131. The van der Waals surface area contributed by atoms with E-state index in [0.29, 0.717) is 33.5 Å². The van der Waals surface area contributed by atoms with Crippen molar-refractivity contribution in [2.45, 2.75) is 19.4 Å². The van der Waals surface area contributed by atoms with Crippen molar-refractivity contribution in [3.05, 3.63) is 45.9 Å². The fourth-order valence-corrected chi connectivity index (χ4v) is 2.98. The summed E-state index contributed by atoms with van der Waals surface area (Å²) in [5, 5.41) is 3.32. The van der Waals surface area contributed by atoms with Crippen LogP contribution in [-0.2, 0) is 20.7 Å². The number of rotatable bonds is 8. The lowest BCUT2D eigenvalue weighted by atomic mass is 10.1. The minimum Gasteiger partial charge on any atom is -0.493 e. The number of ether oxygens (including phenoxy) is 4. The Bertz CT molecular complexity index is 878. The van der Waals surface area contributed by atoms with Gasteiger partial charge in [-0.1, -0.05) is 23.2 Å². The first-order valence-corrected chi connectivity index (χ1v) is 9.28. The van der Waals surface area contributed by atoms with Crippen molar-refractivity contribution >= 4 is 40.8 Å². The van der Waals surface area contributed by atoms with Gasteiger partial charge in [0.25, 0.3) is 5.91 Å². The van der Waals surface area contributed by atoms with Crippen LogP contribution >= 0.6 is 23.2 Å². The third-order valence-corrected chi connectivity index (χ3v) is 4.49. The fourth-order valence-electron chi connectivity index (χ4n) is 2.52. The third kappa shape index (κ3) is 5.92. The van der Waals surface area contributed by atoms with E-state index >= 15 is 0 Å². The maximum Gasteiger partial charge on any atom is 0.311 e.